The second-order valence-corrected chi connectivity index (χ2v) is 21.9. The molecule has 3 aliphatic rings. The third-order valence-corrected chi connectivity index (χ3v) is 15.0. The Morgan fingerprint density at radius 1 is 0.951 bits per heavy atom. The van der Waals surface area contributed by atoms with E-state index in [0.29, 0.717) is 106 Å². The van der Waals surface area contributed by atoms with Crippen LogP contribution in [0.1, 0.15) is 112 Å². The molecule has 2 saturated heterocycles. The Bertz CT molecular complexity index is 2860. The van der Waals surface area contributed by atoms with Crippen LogP contribution in [0, 0.1) is 22.6 Å². The van der Waals surface area contributed by atoms with Crippen LogP contribution in [0.25, 0.3) is 11.3 Å². The number of carbonyl (C=O) groups excluding carboxylic acids is 5. The highest BCUT2D eigenvalue weighted by atomic mass is 19.1. The number of nitrogens with one attached hydrogen (secondary N) is 5. The summed E-state index contributed by atoms with van der Waals surface area (Å²) in [5.41, 5.74) is 8.95. The zero-order valence-corrected chi connectivity index (χ0v) is 48.3. The van der Waals surface area contributed by atoms with Crippen molar-refractivity contribution in [1.29, 1.82) is 5.26 Å². The molecule has 0 unspecified atom stereocenters. The molecule has 0 radical (unpaired) electrons. The highest BCUT2D eigenvalue weighted by Crippen LogP contribution is 2.41. The van der Waals surface area contributed by atoms with E-state index in [4.69, 9.17) is 29.7 Å². The first kappa shape index (κ1) is 62.5. The van der Waals surface area contributed by atoms with E-state index in [1.165, 1.54) is 29.3 Å². The lowest BCUT2D eigenvalue weighted by Gasteiger charge is -2.36. The number of aromatic nitrogens is 4. The van der Waals surface area contributed by atoms with E-state index >= 15 is 0 Å². The van der Waals surface area contributed by atoms with E-state index in [0.717, 1.165) is 12.0 Å². The van der Waals surface area contributed by atoms with Gasteiger partial charge in [0, 0.05) is 51.3 Å². The van der Waals surface area contributed by atoms with Crippen LogP contribution in [0.4, 0.5) is 16.0 Å². The molecule has 444 valence electrons. The number of nitrogen functional groups attached to an aromatic ring is 1. The number of benzene rings is 2. The van der Waals surface area contributed by atoms with E-state index in [-0.39, 0.29) is 105 Å². The number of amides is 5. The number of rotatable bonds is 27. The molecule has 0 saturated carbocycles. The van der Waals surface area contributed by atoms with Gasteiger partial charge in [0.2, 0.25) is 23.6 Å². The zero-order chi connectivity index (χ0) is 58.9. The Labute approximate surface area is 479 Å². The van der Waals surface area contributed by atoms with Crippen LogP contribution in [0.2, 0.25) is 0 Å². The lowest BCUT2D eigenvalue weighted by molar-refractivity contribution is -0.144. The summed E-state index contributed by atoms with van der Waals surface area (Å²) < 4.78 is 39.1. The molecule has 4 aromatic rings. The van der Waals surface area contributed by atoms with Crippen molar-refractivity contribution in [2.45, 2.75) is 116 Å². The van der Waals surface area contributed by atoms with Crippen molar-refractivity contribution in [2.75, 3.05) is 104 Å². The van der Waals surface area contributed by atoms with Crippen molar-refractivity contribution >= 4 is 41.2 Å². The Morgan fingerprint density at radius 3 is 2.32 bits per heavy atom. The summed E-state index contributed by atoms with van der Waals surface area (Å²) >= 11 is 0. The Hall–Kier alpha value is -7.14. The average Bonchev–Trinajstić information content (AvgIpc) is 4.29. The molecule has 7 N–H and O–H groups in total. The first-order valence-corrected chi connectivity index (χ1v) is 28.3. The number of likely N-dealkylation sites (tertiary alicyclic amines) is 1. The molecule has 0 spiro atoms. The van der Waals surface area contributed by atoms with Gasteiger partial charge in [-0.3, -0.25) is 28.7 Å². The van der Waals surface area contributed by atoms with Gasteiger partial charge in [0.15, 0.2) is 17.3 Å². The van der Waals surface area contributed by atoms with Crippen LogP contribution < -0.4 is 37.2 Å². The van der Waals surface area contributed by atoms with Gasteiger partial charge in [0.25, 0.3) is 5.91 Å². The molecule has 0 aliphatic carbocycles. The second-order valence-electron chi connectivity index (χ2n) is 21.9. The molecule has 7 rings (SSSR count). The summed E-state index contributed by atoms with van der Waals surface area (Å²) in [6.07, 6.45) is 4.04. The predicted molar refractivity (Wildman–Crippen MR) is 304 cm³/mol. The van der Waals surface area contributed by atoms with Crippen LogP contribution in [-0.2, 0) is 51.2 Å². The number of hydrogen-bond donors (Lipinski definition) is 6. The van der Waals surface area contributed by atoms with E-state index in [1.54, 1.807) is 30.6 Å². The number of nitriles is 1. The molecule has 82 heavy (non-hydrogen) atoms. The molecule has 6 atom stereocenters. The van der Waals surface area contributed by atoms with Crippen molar-refractivity contribution in [1.82, 2.24) is 56.1 Å². The van der Waals surface area contributed by atoms with Crippen LogP contribution in [-0.4, -0.2) is 176 Å². The highest BCUT2D eigenvalue weighted by Gasteiger charge is 2.45. The van der Waals surface area contributed by atoms with Gasteiger partial charge in [-0.1, -0.05) is 58.0 Å². The minimum Gasteiger partial charge on any atom is -0.381 e. The summed E-state index contributed by atoms with van der Waals surface area (Å²) in [4.78, 5) is 82.7. The van der Waals surface area contributed by atoms with E-state index in [1.807, 2.05) is 62.9 Å². The topological polar surface area (TPSA) is 286 Å². The first-order valence-electron chi connectivity index (χ1n) is 28.3. The molecule has 2 fully saturated rings. The SMILES string of the molecule is CC[C@H](NC(=O)[C@H]1C[C@@H](NCCOCCOCCOCCOCCC(=O)NCCn2nc(C#N)c3c2CN(C)C(=O)c2ccc(F)cc2[C@H]2CCCN2c2nc-3cnc2N)CN1C(=O)[C@H](NC(=O)[C@@H](C)NC)C(C)(C)C)c1ccccc1. The quantitative estimate of drug-likeness (QED) is 0.0467. The van der Waals surface area contributed by atoms with Crippen molar-refractivity contribution in [3.8, 4) is 17.3 Å². The molecule has 2 aromatic heterocycles. The minimum atomic E-state index is -0.859. The third kappa shape index (κ3) is 16.1. The number of nitrogens with two attached hydrogens (primary N) is 1. The normalized spacial score (nSPS) is 18.1. The number of anilines is 2. The maximum absolute atomic E-state index is 14.8. The van der Waals surface area contributed by atoms with E-state index in [2.05, 4.69) is 42.7 Å². The summed E-state index contributed by atoms with van der Waals surface area (Å²) in [6, 6.07) is 13.2. The van der Waals surface area contributed by atoms with Crippen LogP contribution >= 0.6 is 0 Å². The van der Waals surface area contributed by atoms with Gasteiger partial charge in [-0.05, 0) is 74.4 Å². The number of hydrogen-bond acceptors (Lipinski definition) is 17. The molecular formula is C58H81FN14O9. The summed E-state index contributed by atoms with van der Waals surface area (Å²) in [5.74, 6) is -1.36. The standard InChI is InChI=1S/C58H81FN14O9/c1-8-43(38-13-10-9-11-14-38)67-55(76)47-32-40(35-72(47)57(78)51(58(3,4)5)68-54(75)37(2)62-6)63-20-24-80-26-28-82-30-29-81-27-25-79-23-18-49(74)64-19-22-73-48-36-70(7)56(77)41-17-16-39(59)31-42(41)46-15-12-21-71(46)53-52(61)65-34-45(66-53)50(48)44(33-60)69-73/h9-11,13-14,16-17,31,34,37,40,43,46-47,51,62-63H,8,12,15,18-30,32,35-36H2,1-7H3,(H2,61,65)(H,64,74)(H,67,76)(H,68,75)/t37-,40-,43+,46-,47-,51+/m1/s1. The lowest BCUT2D eigenvalue weighted by atomic mass is 9.85. The number of nitrogens with zero attached hydrogens (tertiary/aromatic N) is 8. The first-order chi connectivity index (χ1) is 39.4. The fourth-order valence-corrected chi connectivity index (χ4v) is 10.5. The van der Waals surface area contributed by atoms with Crippen LogP contribution in [0.3, 0.4) is 0 Å². The number of carbonyl (C=O) groups is 5. The van der Waals surface area contributed by atoms with Gasteiger partial charge >= 0.3 is 0 Å². The fourth-order valence-electron chi connectivity index (χ4n) is 10.5. The molecule has 5 amide bonds. The summed E-state index contributed by atoms with van der Waals surface area (Å²) in [7, 11) is 3.32. The number of fused-ring (bicyclic) bond motifs is 8. The monoisotopic (exact) mass is 1140 g/mol. The Balaban J connectivity index is 0.788. The maximum atomic E-state index is 14.8. The predicted octanol–water partition coefficient (Wildman–Crippen LogP) is 3.40. The maximum Gasteiger partial charge on any atom is 0.254 e. The molecular weight excluding hydrogens is 1060 g/mol. The van der Waals surface area contributed by atoms with Gasteiger partial charge in [-0.15, -0.1) is 0 Å². The van der Waals surface area contributed by atoms with Crippen molar-refractivity contribution < 1.29 is 47.3 Å². The highest BCUT2D eigenvalue weighted by molar-refractivity contribution is 5.96. The molecule has 23 nitrogen and oxygen atoms in total. The molecule has 3 aliphatic heterocycles. The van der Waals surface area contributed by atoms with Crippen molar-refractivity contribution in [2.24, 2.45) is 5.41 Å². The van der Waals surface area contributed by atoms with E-state index < -0.39 is 29.4 Å². The molecule has 24 heteroatoms. The summed E-state index contributed by atoms with van der Waals surface area (Å²) in [5, 5.41) is 30.2. The van der Waals surface area contributed by atoms with Crippen molar-refractivity contribution in [3.05, 3.63) is 88.6 Å². The second kappa shape index (κ2) is 29.7. The molecule has 5 heterocycles. The van der Waals surface area contributed by atoms with Crippen LogP contribution in [0.15, 0.2) is 54.7 Å². The van der Waals surface area contributed by atoms with Crippen molar-refractivity contribution in [3.63, 3.8) is 0 Å². The van der Waals surface area contributed by atoms with Gasteiger partial charge < -0.3 is 66.0 Å². The van der Waals surface area contributed by atoms with Crippen LogP contribution in [0.5, 0.6) is 0 Å². The van der Waals surface area contributed by atoms with Gasteiger partial charge in [0.1, 0.15) is 24.0 Å². The van der Waals surface area contributed by atoms with Gasteiger partial charge in [-0.2, -0.15) is 10.4 Å². The molecule has 2 bridgehead atoms. The number of likely N-dealkylation sites (N-methyl/N-ethyl adjacent to an activating group) is 1. The smallest absolute Gasteiger partial charge is 0.254 e. The van der Waals surface area contributed by atoms with E-state index in [9.17, 15) is 33.6 Å². The Kier molecular flexibility index (Phi) is 22.6. The zero-order valence-electron chi connectivity index (χ0n) is 48.3. The van der Waals surface area contributed by atoms with Gasteiger partial charge in [0.05, 0.1) is 107 Å². The lowest BCUT2D eigenvalue weighted by Crippen LogP contribution is -2.59. The Morgan fingerprint density at radius 2 is 1.65 bits per heavy atom. The average molecular weight is 1140 g/mol. The summed E-state index contributed by atoms with van der Waals surface area (Å²) in [6.45, 7) is 13.6. The van der Waals surface area contributed by atoms with Gasteiger partial charge in [-0.25, -0.2) is 14.4 Å². The molecule has 2 aromatic carbocycles. The fraction of sp³-hybridized carbons (Fsp3) is 0.569. The third-order valence-electron chi connectivity index (χ3n) is 15.0. The number of ether oxygens (including phenoxy) is 4. The largest absolute Gasteiger partial charge is 0.381 e. The number of halogens is 1. The minimum absolute atomic E-state index is 0.0223.